The van der Waals surface area contributed by atoms with Gasteiger partial charge in [-0.25, -0.2) is 8.42 Å². The summed E-state index contributed by atoms with van der Waals surface area (Å²) in [6.07, 6.45) is 7.83. The highest BCUT2D eigenvalue weighted by atomic mass is 32.2. The molecule has 2 saturated heterocycles. The first kappa shape index (κ1) is 15.0. The summed E-state index contributed by atoms with van der Waals surface area (Å²) >= 11 is 0. The second kappa shape index (κ2) is 6.46. The Morgan fingerprint density at radius 2 is 1.95 bits per heavy atom. The van der Waals surface area contributed by atoms with Gasteiger partial charge in [0.1, 0.15) is 0 Å². The summed E-state index contributed by atoms with van der Waals surface area (Å²) in [5.41, 5.74) is 0. The van der Waals surface area contributed by atoms with Crippen molar-refractivity contribution in [2.45, 2.75) is 49.6 Å². The number of hydrogen-bond acceptors (Lipinski definition) is 4. The Hall–Kier alpha value is -0.920. The van der Waals surface area contributed by atoms with Crippen molar-refractivity contribution in [3.63, 3.8) is 0 Å². The maximum Gasteiger partial charge on any atom is 0.260 e. The highest BCUT2D eigenvalue weighted by Crippen LogP contribution is 2.31. The minimum Gasteiger partial charge on any atom is -0.317 e. The zero-order valence-corrected chi connectivity index (χ0v) is 13.1. The number of piperidine rings is 1. The molecule has 1 unspecified atom stereocenters. The fourth-order valence-corrected chi connectivity index (χ4v) is 5.28. The third-order valence-corrected chi connectivity index (χ3v) is 6.59. The predicted molar refractivity (Wildman–Crippen MR) is 80.3 cm³/mol. The Kier molecular flexibility index (Phi) is 4.61. The van der Waals surface area contributed by atoms with Gasteiger partial charge in [-0.1, -0.05) is 12.8 Å². The third-order valence-electron chi connectivity index (χ3n) is 4.74. The first-order valence-corrected chi connectivity index (χ1v) is 9.35. The molecule has 2 fully saturated rings. The Balaban J connectivity index is 1.88. The van der Waals surface area contributed by atoms with Crippen LogP contribution in [0.25, 0.3) is 0 Å². The molecule has 21 heavy (non-hydrogen) atoms. The molecule has 1 aromatic heterocycles. The molecule has 1 aromatic rings. The zero-order valence-electron chi connectivity index (χ0n) is 12.3. The molecule has 0 aliphatic carbocycles. The molecule has 118 valence electrons. The average Bonchev–Trinajstić information content (AvgIpc) is 2.93. The summed E-state index contributed by atoms with van der Waals surface area (Å²) in [5, 5.41) is 10.0. The standard InChI is InChI=1S/C14H24N4O2S/c19-21(20,14-7-10-16-17-14)18-11-3-1-2-4-13(18)12-5-8-15-9-6-12/h7,10,12-13,15H,1-6,8-9,11H2,(H,16,17). The number of aromatic amines is 1. The van der Waals surface area contributed by atoms with Crippen LogP contribution in [0.3, 0.4) is 0 Å². The van der Waals surface area contributed by atoms with Crippen molar-refractivity contribution in [1.82, 2.24) is 19.8 Å². The van der Waals surface area contributed by atoms with Crippen molar-refractivity contribution in [2.75, 3.05) is 19.6 Å². The molecule has 1 atom stereocenters. The summed E-state index contributed by atoms with van der Waals surface area (Å²) in [4.78, 5) is 0. The number of sulfonamides is 1. The van der Waals surface area contributed by atoms with Gasteiger partial charge in [-0.3, -0.25) is 5.10 Å². The zero-order chi connectivity index (χ0) is 14.7. The molecule has 0 radical (unpaired) electrons. The second-order valence-electron chi connectivity index (χ2n) is 6.04. The van der Waals surface area contributed by atoms with Gasteiger partial charge in [-0.05, 0) is 50.8 Å². The van der Waals surface area contributed by atoms with Gasteiger partial charge in [0, 0.05) is 12.6 Å². The van der Waals surface area contributed by atoms with Gasteiger partial charge in [-0.15, -0.1) is 0 Å². The maximum atomic E-state index is 12.9. The minimum atomic E-state index is -3.45. The van der Waals surface area contributed by atoms with Crippen LogP contribution in [0.4, 0.5) is 0 Å². The Labute approximate surface area is 126 Å². The van der Waals surface area contributed by atoms with Gasteiger partial charge in [-0.2, -0.15) is 9.40 Å². The van der Waals surface area contributed by atoms with Crippen molar-refractivity contribution in [3.05, 3.63) is 12.3 Å². The van der Waals surface area contributed by atoms with Gasteiger partial charge in [0.25, 0.3) is 10.0 Å². The van der Waals surface area contributed by atoms with E-state index in [1.165, 1.54) is 6.20 Å². The van der Waals surface area contributed by atoms with E-state index in [1.807, 2.05) is 0 Å². The Morgan fingerprint density at radius 3 is 2.67 bits per heavy atom. The minimum absolute atomic E-state index is 0.142. The van der Waals surface area contributed by atoms with Crippen molar-refractivity contribution >= 4 is 10.0 Å². The molecule has 2 aliphatic rings. The SMILES string of the molecule is O=S(=O)(c1ccn[nH]1)N1CCCCCC1C1CCNCC1. The van der Waals surface area contributed by atoms with E-state index in [-0.39, 0.29) is 11.1 Å². The van der Waals surface area contributed by atoms with Crippen LogP contribution in [0, 0.1) is 5.92 Å². The number of hydrogen-bond donors (Lipinski definition) is 2. The fraction of sp³-hybridized carbons (Fsp3) is 0.786. The van der Waals surface area contributed by atoms with Gasteiger partial charge in [0.15, 0.2) is 5.03 Å². The lowest BCUT2D eigenvalue weighted by Gasteiger charge is -2.36. The molecule has 2 aliphatic heterocycles. The highest BCUT2D eigenvalue weighted by molar-refractivity contribution is 7.89. The molecule has 3 rings (SSSR count). The summed E-state index contributed by atoms with van der Waals surface area (Å²) in [6, 6.07) is 1.70. The first-order chi connectivity index (χ1) is 10.2. The van der Waals surface area contributed by atoms with E-state index in [1.54, 1.807) is 10.4 Å². The smallest absolute Gasteiger partial charge is 0.260 e. The van der Waals surface area contributed by atoms with Gasteiger partial charge in [0.2, 0.25) is 0 Å². The number of aromatic nitrogens is 2. The van der Waals surface area contributed by atoms with Crippen molar-refractivity contribution in [2.24, 2.45) is 5.92 Å². The van der Waals surface area contributed by atoms with Gasteiger partial charge >= 0.3 is 0 Å². The highest BCUT2D eigenvalue weighted by Gasteiger charge is 2.37. The quantitative estimate of drug-likeness (QED) is 0.883. The summed E-state index contributed by atoms with van der Waals surface area (Å²) in [7, 11) is -3.45. The van der Waals surface area contributed by atoms with Crippen LogP contribution >= 0.6 is 0 Å². The molecule has 2 N–H and O–H groups in total. The monoisotopic (exact) mass is 312 g/mol. The van der Waals surface area contributed by atoms with E-state index in [2.05, 4.69) is 15.5 Å². The van der Waals surface area contributed by atoms with Crippen LogP contribution in [-0.2, 0) is 10.0 Å². The molecule has 0 bridgehead atoms. The summed E-state index contributed by atoms with van der Waals surface area (Å²) in [6.45, 7) is 2.63. The largest absolute Gasteiger partial charge is 0.317 e. The van der Waals surface area contributed by atoms with E-state index >= 15 is 0 Å². The number of nitrogens with one attached hydrogen (secondary N) is 2. The lowest BCUT2D eigenvalue weighted by atomic mass is 9.88. The Morgan fingerprint density at radius 1 is 1.14 bits per heavy atom. The fourth-order valence-electron chi connectivity index (χ4n) is 3.62. The van der Waals surface area contributed by atoms with E-state index in [0.717, 1.165) is 51.6 Å². The summed E-state index contributed by atoms with van der Waals surface area (Å²) in [5.74, 6) is 0.474. The molecule has 6 nitrogen and oxygen atoms in total. The van der Waals surface area contributed by atoms with E-state index in [4.69, 9.17) is 0 Å². The lowest BCUT2D eigenvalue weighted by molar-refractivity contribution is 0.197. The van der Waals surface area contributed by atoms with E-state index in [0.29, 0.717) is 12.5 Å². The topological polar surface area (TPSA) is 78.1 Å². The molecular formula is C14H24N4O2S. The molecule has 0 saturated carbocycles. The number of rotatable bonds is 3. The normalized spacial score (nSPS) is 26.6. The second-order valence-corrected chi connectivity index (χ2v) is 7.90. The molecule has 0 amide bonds. The first-order valence-electron chi connectivity index (χ1n) is 7.91. The van der Waals surface area contributed by atoms with Crippen molar-refractivity contribution in [3.8, 4) is 0 Å². The van der Waals surface area contributed by atoms with Gasteiger partial charge in [0.05, 0.1) is 6.20 Å². The Bertz CT molecular complexity index is 537. The van der Waals surface area contributed by atoms with Crippen molar-refractivity contribution in [1.29, 1.82) is 0 Å². The van der Waals surface area contributed by atoms with Crippen LogP contribution in [0.2, 0.25) is 0 Å². The van der Waals surface area contributed by atoms with E-state index < -0.39 is 10.0 Å². The number of nitrogens with zero attached hydrogens (tertiary/aromatic N) is 2. The van der Waals surface area contributed by atoms with Crippen LogP contribution in [-0.4, -0.2) is 48.6 Å². The molecule has 3 heterocycles. The molecular weight excluding hydrogens is 288 g/mol. The van der Waals surface area contributed by atoms with Crippen LogP contribution in [0.5, 0.6) is 0 Å². The van der Waals surface area contributed by atoms with E-state index in [9.17, 15) is 8.42 Å². The maximum absolute atomic E-state index is 12.9. The van der Waals surface area contributed by atoms with Crippen molar-refractivity contribution < 1.29 is 8.42 Å². The van der Waals surface area contributed by atoms with Gasteiger partial charge < -0.3 is 5.32 Å². The van der Waals surface area contributed by atoms with Crippen LogP contribution in [0.1, 0.15) is 38.5 Å². The van der Waals surface area contributed by atoms with Crippen LogP contribution in [0.15, 0.2) is 17.3 Å². The molecule has 7 heteroatoms. The lowest BCUT2D eigenvalue weighted by Crippen LogP contribution is -2.47. The molecule has 0 spiro atoms. The third kappa shape index (κ3) is 3.14. The average molecular weight is 312 g/mol. The predicted octanol–water partition coefficient (Wildman–Crippen LogP) is 1.34. The molecule has 0 aromatic carbocycles. The summed E-state index contributed by atoms with van der Waals surface area (Å²) < 4.78 is 27.5. The number of H-pyrrole nitrogens is 1. The van der Waals surface area contributed by atoms with Crippen LogP contribution < -0.4 is 5.32 Å².